The molecule has 0 aliphatic heterocycles. The molecule has 16 heavy (non-hydrogen) atoms. The van der Waals surface area contributed by atoms with Gasteiger partial charge in [0.2, 0.25) is 5.09 Å². The molecule has 1 aromatic heterocycles. The van der Waals surface area contributed by atoms with Crippen LogP contribution in [0.2, 0.25) is 0 Å². The van der Waals surface area contributed by atoms with Gasteiger partial charge in [-0.3, -0.25) is 0 Å². The third kappa shape index (κ3) is 2.84. The zero-order valence-electron chi connectivity index (χ0n) is 9.14. The molecule has 90 valence electrons. The number of furan rings is 1. The first-order valence-corrected chi connectivity index (χ1v) is 6.83. The van der Waals surface area contributed by atoms with Crippen LogP contribution in [0.4, 0.5) is 0 Å². The van der Waals surface area contributed by atoms with Crippen LogP contribution in [-0.4, -0.2) is 15.0 Å². The summed E-state index contributed by atoms with van der Waals surface area (Å²) in [6.07, 6.45) is 1.27. The maximum Gasteiger partial charge on any atom is 0.271 e. The van der Waals surface area contributed by atoms with E-state index in [2.05, 4.69) is 12.2 Å². The highest BCUT2D eigenvalue weighted by molar-refractivity contribution is 7.89. The minimum Gasteiger partial charge on any atom is -0.447 e. The Morgan fingerprint density at radius 3 is 2.75 bits per heavy atom. The van der Waals surface area contributed by atoms with Gasteiger partial charge in [0.05, 0.1) is 6.54 Å². The van der Waals surface area contributed by atoms with E-state index in [1.807, 2.05) is 0 Å². The van der Waals surface area contributed by atoms with Crippen molar-refractivity contribution >= 4 is 10.0 Å². The smallest absolute Gasteiger partial charge is 0.271 e. The van der Waals surface area contributed by atoms with Crippen LogP contribution in [0.15, 0.2) is 21.6 Å². The Labute approximate surface area is 95.1 Å². The second-order valence-electron chi connectivity index (χ2n) is 4.37. The third-order valence-electron chi connectivity index (χ3n) is 2.90. The van der Waals surface area contributed by atoms with Gasteiger partial charge in [-0.2, -0.15) is 0 Å². The normalized spacial score (nSPS) is 24.6. The molecule has 1 saturated carbocycles. The van der Waals surface area contributed by atoms with Gasteiger partial charge in [0.1, 0.15) is 5.76 Å². The Kier molecular flexibility index (Phi) is 3.05. The average molecular weight is 244 g/mol. The molecule has 3 N–H and O–H groups in total. The monoisotopic (exact) mass is 244 g/mol. The highest BCUT2D eigenvalue weighted by Gasteiger charge is 2.31. The summed E-state index contributed by atoms with van der Waals surface area (Å²) in [5.74, 6) is 2.16. The van der Waals surface area contributed by atoms with Gasteiger partial charge in [0, 0.05) is 0 Å². The first kappa shape index (κ1) is 11.6. The summed E-state index contributed by atoms with van der Waals surface area (Å²) in [5, 5.41) is 7.99. The van der Waals surface area contributed by atoms with Crippen molar-refractivity contribution in [2.24, 2.45) is 17.0 Å². The van der Waals surface area contributed by atoms with Gasteiger partial charge in [-0.15, -0.1) is 0 Å². The van der Waals surface area contributed by atoms with Crippen molar-refractivity contribution in [1.82, 2.24) is 5.32 Å². The molecule has 1 aliphatic carbocycles. The average Bonchev–Trinajstić information content (AvgIpc) is 2.69. The van der Waals surface area contributed by atoms with Crippen molar-refractivity contribution in [3.63, 3.8) is 0 Å². The molecule has 2 rings (SSSR count). The number of nitrogens with two attached hydrogens (primary N) is 1. The molecule has 2 atom stereocenters. The number of primary sulfonamides is 1. The Hall–Kier alpha value is -0.850. The summed E-state index contributed by atoms with van der Waals surface area (Å²) in [6.45, 7) is 3.71. The number of sulfonamides is 1. The van der Waals surface area contributed by atoms with Crippen LogP contribution in [-0.2, 0) is 16.6 Å². The van der Waals surface area contributed by atoms with Crippen molar-refractivity contribution in [3.8, 4) is 0 Å². The topological polar surface area (TPSA) is 85.3 Å². The Bertz CT molecular complexity index is 466. The van der Waals surface area contributed by atoms with Gasteiger partial charge < -0.3 is 9.73 Å². The van der Waals surface area contributed by atoms with E-state index in [9.17, 15) is 8.42 Å². The summed E-state index contributed by atoms with van der Waals surface area (Å²) < 4.78 is 27.0. The molecule has 1 aliphatic rings. The molecule has 2 unspecified atom stereocenters. The van der Waals surface area contributed by atoms with Crippen LogP contribution in [0.25, 0.3) is 0 Å². The second kappa shape index (κ2) is 4.20. The van der Waals surface area contributed by atoms with Gasteiger partial charge >= 0.3 is 0 Å². The lowest BCUT2D eigenvalue weighted by molar-refractivity contribution is 0.400. The van der Waals surface area contributed by atoms with E-state index in [4.69, 9.17) is 9.56 Å². The third-order valence-corrected chi connectivity index (χ3v) is 3.68. The van der Waals surface area contributed by atoms with Gasteiger partial charge in [-0.25, -0.2) is 13.6 Å². The molecule has 1 heterocycles. The predicted octanol–water partition coefficient (Wildman–Crippen LogP) is 0.673. The lowest BCUT2D eigenvalue weighted by Gasteiger charge is -2.00. The van der Waals surface area contributed by atoms with Crippen LogP contribution in [0.3, 0.4) is 0 Å². The first-order valence-electron chi connectivity index (χ1n) is 5.29. The largest absolute Gasteiger partial charge is 0.447 e. The quantitative estimate of drug-likeness (QED) is 0.797. The molecule has 5 nitrogen and oxygen atoms in total. The van der Waals surface area contributed by atoms with Crippen LogP contribution in [0.1, 0.15) is 19.1 Å². The van der Waals surface area contributed by atoms with Crippen LogP contribution in [0, 0.1) is 11.8 Å². The Balaban J connectivity index is 1.83. The fraction of sp³-hybridized carbons (Fsp3) is 0.600. The molecule has 0 amide bonds. The van der Waals surface area contributed by atoms with Gasteiger partial charge in [-0.05, 0) is 36.9 Å². The number of hydrogen-bond donors (Lipinski definition) is 2. The molecule has 1 aromatic rings. The minimum absolute atomic E-state index is 0.177. The summed E-state index contributed by atoms with van der Waals surface area (Å²) in [6, 6.07) is 3.01. The van der Waals surface area contributed by atoms with E-state index < -0.39 is 10.0 Å². The van der Waals surface area contributed by atoms with Gasteiger partial charge in [-0.1, -0.05) is 6.92 Å². The highest BCUT2D eigenvalue weighted by Crippen LogP contribution is 2.36. The number of nitrogens with one attached hydrogen (secondary N) is 1. The van der Waals surface area contributed by atoms with E-state index >= 15 is 0 Å². The molecular formula is C10H16N2O3S. The second-order valence-corrected chi connectivity index (χ2v) is 5.86. The van der Waals surface area contributed by atoms with Crippen molar-refractivity contribution in [2.45, 2.75) is 25.0 Å². The summed E-state index contributed by atoms with van der Waals surface area (Å²) >= 11 is 0. The van der Waals surface area contributed by atoms with Gasteiger partial charge in [0.25, 0.3) is 10.0 Å². The maximum atomic E-state index is 10.9. The maximum absolute atomic E-state index is 10.9. The summed E-state index contributed by atoms with van der Waals surface area (Å²) in [4.78, 5) is 0. The standard InChI is InChI=1S/C10H16N2O3S/c1-7-4-8(7)5-12-6-9-2-3-10(15-9)16(11,13)14/h2-3,7-8,12H,4-6H2,1H3,(H2,11,13,14). The first-order chi connectivity index (χ1) is 7.47. The van der Waals surface area contributed by atoms with Crippen molar-refractivity contribution in [3.05, 3.63) is 17.9 Å². The van der Waals surface area contributed by atoms with E-state index in [0.29, 0.717) is 12.3 Å². The van der Waals surface area contributed by atoms with E-state index in [0.717, 1.165) is 18.4 Å². The predicted molar refractivity (Wildman–Crippen MR) is 59.1 cm³/mol. The molecule has 1 fully saturated rings. The van der Waals surface area contributed by atoms with Crippen LogP contribution in [0.5, 0.6) is 0 Å². The molecular weight excluding hydrogens is 228 g/mol. The Morgan fingerprint density at radius 1 is 1.56 bits per heavy atom. The fourth-order valence-electron chi connectivity index (χ4n) is 1.67. The SMILES string of the molecule is CC1CC1CNCc1ccc(S(N)(=O)=O)o1. The van der Waals surface area contributed by atoms with Crippen molar-refractivity contribution in [1.29, 1.82) is 0 Å². The molecule has 0 spiro atoms. The van der Waals surface area contributed by atoms with Crippen molar-refractivity contribution < 1.29 is 12.8 Å². The number of rotatable bonds is 5. The lowest BCUT2D eigenvalue weighted by atomic mass is 10.3. The van der Waals surface area contributed by atoms with Gasteiger partial charge in [0.15, 0.2) is 0 Å². The van der Waals surface area contributed by atoms with Crippen LogP contribution >= 0.6 is 0 Å². The Morgan fingerprint density at radius 2 is 2.25 bits per heavy atom. The molecule has 6 heteroatoms. The summed E-state index contributed by atoms with van der Waals surface area (Å²) in [7, 11) is -3.71. The highest BCUT2D eigenvalue weighted by atomic mass is 32.2. The number of hydrogen-bond acceptors (Lipinski definition) is 4. The van der Waals surface area contributed by atoms with E-state index in [1.165, 1.54) is 12.5 Å². The van der Waals surface area contributed by atoms with E-state index in [-0.39, 0.29) is 5.09 Å². The lowest BCUT2D eigenvalue weighted by Crippen LogP contribution is -2.16. The molecule has 0 saturated heterocycles. The van der Waals surface area contributed by atoms with Crippen LogP contribution < -0.4 is 10.5 Å². The zero-order chi connectivity index (χ0) is 11.8. The molecule has 0 radical (unpaired) electrons. The zero-order valence-corrected chi connectivity index (χ0v) is 9.96. The molecule has 0 aromatic carbocycles. The minimum atomic E-state index is -3.71. The molecule has 0 bridgehead atoms. The summed E-state index contributed by atoms with van der Waals surface area (Å²) in [5.41, 5.74) is 0. The van der Waals surface area contributed by atoms with Crippen molar-refractivity contribution in [2.75, 3.05) is 6.54 Å². The van der Waals surface area contributed by atoms with E-state index in [1.54, 1.807) is 6.07 Å². The fourth-order valence-corrected chi connectivity index (χ4v) is 2.15.